The van der Waals surface area contributed by atoms with Gasteiger partial charge in [-0.25, -0.2) is 4.98 Å². The van der Waals surface area contributed by atoms with Crippen molar-refractivity contribution < 1.29 is 4.79 Å². The molecule has 7 rings (SSSR count). The third-order valence-corrected chi connectivity index (χ3v) is 9.70. The Hall–Kier alpha value is -3.80. The first-order valence-electron chi connectivity index (χ1n) is 14.8. The summed E-state index contributed by atoms with van der Waals surface area (Å²) < 4.78 is 0. The summed E-state index contributed by atoms with van der Waals surface area (Å²) in [6.45, 7) is 3.76. The van der Waals surface area contributed by atoms with Gasteiger partial charge in [0.25, 0.3) is 5.91 Å². The molecule has 2 aliphatic rings. The third-order valence-electron chi connectivity index (χ3n) is 8.83. The van der Waals surface area contributed by atoms with Gasteiger partial charge < -0.3 is 5.32 Å². The summed E-state index contributed by atoms with van der Waals surface area (Å²) in [5.74, 6) is 0.673. The van der Waals surface area contributed by atoms with Gasteiger partial charge in [0.15, 0.2) is 0 Å². The van der Waals surface area contributed by atoms with Crippen molar-refractivity contribution >= 4 is 28.0 Å². The van der Waals surface area contributed by atoms with Gasteiger partial charge in [0.05, 0.1) is 5.01 Å². The average molecular weight is 558 g/mol. The molecule has 1 aliphatic heterocycles. The van der Waals surface area contributed by atoms with E-state index in [1.807, 2.05) is 5.38 Å². The molecule has 0 bridgehead atoms. The quantitative estimate of drug-likeness (QED) is 0.230. The van der Waals surface area contributed by atoms with E-state index < -0.39 is 0 Å². The zero-order valence-electron chi connectivity index (χ0n) is 23.3. The standard InChI is InChI=1S/C36H35N3OS/c40-36(37-21-25-9-8-18-39(22-25)23-29-14-7-13-26-10-1-4-15-30(26)29)34-24-41-35(38-34)20-33-31-16-5-2-11-27(31)19-28-12-3-6-17-32(28)33/h1-7,10-17,24-25,33H,8-9,18-23H2,(H,37,40)/t25-/m0/s1. The number of thiazole rings is 1. The molecule has 0 unspecified atom stereocenters. The molecule has 5 aromatic rings. The number of rotatable bonds is 7. The van der Waals surface area contributed by atoms with E-state index >= 15 is 0 Å². The minimum atomic E-state index is -0.0527. The van der Waals surface area contributed by atoms with Crippen LogP contribution in [0.15, 0.2) is 96.4 Å². The number of likely N-dealkylation sites (tertiary alicyclic amines) is 1. The zero-order chi connectivity index (χ0) is 27.6. The fourth-order valence-corrected chi connectivity index (χ4v) is 7.63. The number of piperidine rings is 1. The van der Waals surface area contributed by atoms with Crippen molar-refractivity contribution in [2.75, 3.05) is 19.6 Å². The molecule has 206 valence electrons. The fourth-order valence-electron chi connectivity index (χ4n) is 6.81. The lowest BCUT2D eigenvalue weighted by molar-refractivity contribution is 0.0926. The van der Waals surface area contributed by atoms with E-state index in [0.717, 1.165) is 50.3 Å². The molecule has 1 amide bonds. The summed E-state index contributed by atoms with van der Waals surface area (Å²) in [5.41, 5.74) is 7.49. The van der Waals surface area contributed by atoms with Gasteiger partial charge in [-0.05, 0) is 70.3 Å². The van der Waals surface area contributed by atoms with Gasteiger partial charge in [-0.15, -0.1) is 11.3 Å². The Balaban J connectivity index is 0.979. The lowest BCUT2D eigenvalue weighted by atomic mass is 9.77. The van der Waals surface area contributed by atoms with Gasteiger partial charge in [0, 0.05) is 37.4 Å². The monoisotopic (exact) mass is 557 g/mol. The van der Waals surface area contributed by atoms with Gasteiger partial charge in [0.1, 0.15) is 5.69 Å². The van der Waals surface area contributed by atoms with Crippen LogP contribution in [0.1, 0.15) is 62.1 Å². The molecule has 0 saturated carbocycles. The molecule has 4 aromatic carbocycles. The predicted octanol–water partition coefficient (Wildman–Crippen LogP) is 7.22. The normalized spacial score (nSPS) is 17.2. The summed E-state index contributed by atoms with van der Waals surface area (Å²) in [5, 5.41) is 8.79. The maximum Gasteiger partial charge on any atom is 0.270 e. The highest BCUT2D eigenvalue weighted by atomic mass is 32.1. The second kappa shape index (κ2) is 11.6. The minimum Gasteiger partial charge on any atom is -0.350 e. The van der Waals surface area contributed by atoms with Crippen LogP contribution in [0.25, 0.3) is 10.8 Å². The van der Waals surface area contributed by atoms with Crippen LogP contribution in [0.2, 0.25) is 0 Å². The molecule has 1 aromatic heterocycles. The Morgan fingerprint density at radius 3 is 2.46 bits per heavy atom. The van der Waals surface area contributed by atoms with Crippen molar-refractivity contribution in [3.63, 3.8) is 0 Å². The lowest BCUT2D eigenvalue weighted by Crippen LogP contribution is -2.40. The number of nitrogens with zero attached hydrogens (tertiary/aromatic N) is 2. The van der Waals surface area contributed by atoms with E-state index in [9.17, 15) is 4.79 Å². The van der Waals surface area contributed by atoms with Gasteiger partial charge in [-0.3, -0.25) is 9.69 Å². The second-order valence-corrected chi connectivity index (χ2v) is 12.5. The number of fused-ring (bicyclic) bond motifs is 3. The Labute approximate surface area is 246 Å². The van der Waals surface area contributed by atoms with Crippen LogP contribution in [0.3, 0.4) is 0 Å². The van der Waals surface area contributed by atoms with Crippen LogP contribution in [0.5, 0.6) is 0 Å². The maximum atomic E-state index is 13.1. The van der Waals surface area contributed by atoms with E-state index in [4.69, 9.17) is 4.98 Å². The van der Waals surface area contributed by atoms with Gasteiger partial charge in [0.2, 0.25) is 0 Å². The lowest BCUT2D eigenvalue weighted by Gasteiger charge is -2.33. The smallest absolute Gasteiger partial charge is 0.270 e. The van der Waals surface area contributed by atoms with Crippen molar-refractivity contribution in [1.29, 1.82) is 0 Å². The largest absolute Gasteiger partial charge is 0.350 e. The molecule has 1 saturated heterocycles. The fraction of sp³-hybridized carbons (Fsp3) is 0.278. The van der Waals surface area contributed by atoms with Crippen LogP contribution in [-0.4, -0.2) is 35.4 Å². The summed E-state index contributed by atoms with van der Waals surface area (Å²) in [7, 11) is 0. The van der Waals surface area contributed by atoms with Gasteiger partial charge in [-0.2, -0.15) is 0 Å². The van der Waals surface area contributed by atoms with Crippen LogP contribution in [-0.2, 0) is 19.4 Å². The number of hydrogen-bond acceptors (Lipinski definition) is 4. The Morgan fingerprint density at radius 1 is 0.902 bits per heavy atom. The zero-order valence-corrected chi connectivity index (χ0v) is 24.1. The molecule has 0 spiro atoms. The number of aromatic nitrogens is 1. The Bertz CT molecular complexity index is 1640. The van der Waals surface area contributed by atoms with E-state index in [1.165, 1.54) is 38.6 Å². The van der Waals surface area contributed by atoms with Crippen molar-refractivity contribution in [3.8, 4) is 0 Å². The molecule has 1 fully saturated rings. The second-order valence-electron chi connectivity index (χ2n) is 11.5. The van der Waals surface area contributed by atoms with Crippen molar-refractivity contribution in [2.45, 2.75) is 38.1 Å². The Kier molecular flexibility index (Phi) is 7.39. The first kappa shape index (κ1) is 26.1. The average Bonchev–Trinajstić information content (AvgIpc) is 3.49. The van der Waals surface area contributed by atoms with Crippen LogP contribution in [0, 0.1) is 5.92 Å². The summed E-state index contributed by atoms with van der Waals surface area (Å²) >= 11 is 1.60. The van der Waals surface area contributed by atoms with Crippen molar-refractivity contribution in [3.05, 3.63) is 135 Å². The summed E-state index contributed by atoms with van der Waals surface area (Å²) in [4.78, 5) is 20.5. The molecule has 41 heavy (non-hydrogen) atoms. The summed E-state index contributed by atoms with van der Waals surface area (Å²) in [6, 6.07) is 32.7. The van der Waals surface area contributed by atoms with Crippen LogP contribution in [0.4, 0.5) is 0 Å². The number of nitrogens with one attached hydrogen (secondary N) is 1. The topological polar surface area (TPSA) is 45.2 Å². The summed E-state index contributed by atoms with van der Waals surface area (Å²) in [6.07, 6.45) is 4.11. The highest BCUT2D eigenvalue weighted by Gasteiger charge is 2.27. The van der Waals surface area contributed by atoms with E-state index in [2.05, 4.69) is 101 Å². The Morgan fingerprint density at radius 2 is 1.63 bits per heavy atom. The predicted molar refractivity (Wildman–Crippen MR) is 168 cm³/mol. The van der Waals surface area contributed by atoms with Crippen molar-refractivity contribution in [2.24, 2.45) is 5.92 Å². The molecule has 1 N–H and O–H groups in total. The first-order chi connectivity index (χ1) is 20.2. The number of amides is 1. The first-order valence-corrected chi connectivity index (χ1v) is 15.7. The highest BCUT2D eigenvalue weighted by Crippen LogP contribution is 2.39. The van der Waals surface area contributed by atoms with Crippen LogP contribution < -0.4 is 5.32 Å². The molecule has 0 radical (unpaired) electrons. The third kappa shape index (κ3) is 5.57. The minimum absolute atomic E-state index is 0.0527. The van der Waals surface area contributed by atoms with Gasteiger partial charge >= 0.3 is 0 Å². The van der Waals surface area contributed by atoms with E-state index in [-0.39, 0.29) is 11.8 Å². The van der Waals surface area contributed by atoms with Gasteiger partial charge in [-0.1, -0.05) is 91.0 Å². The van der Waals surface area contributed by atoms with E-state index in [1.54, 1.807) is 11.3 Å². The van der Waals surface area contributed by atoms with Crippen LogP contribution >= 0.6 is 11.3 Å². The van der Waals surface area contributed by atoms with Crippen molar-refractivity contribution in [1.82, 2.24) is 15.2 Å². The number of carbonyl (C=O) groups excluding carboxylic acids is 1. The number of benzene rings is 4. The molecule has 1 aliphatic carbocycles. The number of carbonyl (C=O) groups is 1. The molecular weight excluding hydrogens is 522 g/mol. The van der Waals surface area contributed by atoms with E-state index in [0.29, 0.717) is 18.2 Å². The molecule has 1 atom stereocenters. The maximum absolute atomic E-state index is 13.1. The molecular formula is C36H35N3OS. The number of hydrogen-bond donors (Lipinski definition) is 1. The SMILES string of the molecule is O=C(NC[C@@H]1CCCN(Cc2cccc3ccccc23)C1)c1csc(CC2c3ccccc3Cc3ccccc32)n1. The molecule has 2 heterocycles. The highest BCUT2D eigenvalue weighted by molar-refractivity contribution is 7.09. The molecule has 5 heteroatoms. The molecule has 4 nitrogen and oxygen atoms in total.